The quantitative estimate of drug-likeness (QED) is 0.617. The molecule has 0 heterocycles. The Hall–Kier alpha value is -1.50. The third-order valence-corrected chi connectivity index (χ3v) is 3.49. The zero-order valence-corrected chi connectivity index (χ0v) is 18.8. The van der Waals surface area contributed by atoms with Gasteiger partial charge in [-0.25, -0.2) is 9.59 Å². The summed E-state index contributed by atoms with van der Waals surface area (Å²) >= 11 is 0. The maximum absolute atomic E-state index is 11.7. The SMILES string of the molecule is CC(C)(C)OC(=O)NCCCN(CCCNC(=O)OC(C)(C)C)C(C)(C)C. The highest BCUT2D eigenvalue weighted by atomic mass is 16.6. The summed E-state index contributed by atoms with van der Waals surface area (Å²) in [7, 11) is 0. The maximum atomic E-state index is 11.7. The largest absolute Gasteiger partial charge is 0.444 e. The highest BCUT2D eigenvalue weighted by Crippen LogP contribution is 2.14. The Morgan fingerprint density at radius 1 is 0.704 bits per heavy atom. The molecule has 0 aliphatic rings. The van der Waals surface area contributed by atoms with Crippen molar-refractivity contribution in [3.05, 3.63) is 0 Å². The van der Waals surface area contributed by atoms with E-state index in [-0.39, 0.29) is 17.7 Å². The van der Waals surface area contributed by atoms with Crippen molar-refractivity contribution in [3.63, 3.8) is 0 Å². The number of amides is 2. The smallest absolute Gasteiger partial charge is 0.407 e. The van der Waals surface area contributed by atoms with E-state index in [0.717, 1.165) is 25.9 Å². The zero-order valence-electron chi connectivity index (χ0n) is 18.8. The van der Waals surface area contributed by atoms with Crippen molar-refractivity contribution < 1.29 is 19.1 Å². The van der Waals surface area contributed by atoms with Gasteiger partial charge in [0.05, 0.1) is 0 Å². The zero-order chi connectivity index (χ0) is 21.3. The van der Waals surface area contributed by atoms with Crippen LogP contribution in [0.4, 0.5) is 9.59 Å². The van der Waals surface area contributed by atoms with Gasteiger partial charge in [0.15, 0.2) is 0 Å². The number of nitrogens with zero attached hydrogens (tertiary/aromatic N) is 1. The Bertz CT molecular complexity index is 423. The Labute approximate surface area is 165 Å². The molecule has 27 heavy (non-hydrogen) atoms. The predicted molar refractivity (Wildman–Crippen MR) is 109 cm³/mol. The molecule has 2 amide bonds. The van der Waals surface area contributed by atoms with Crippen LogP contribution in [0.25, 0.3) is 0 Å². The summed E-state index contributed by atoms with van der Waals surface area (Å²) in [5, 5.41) is 5.58. The first kappa shape index (κ1) is 25.5. The van der Waals surface area contributed by atoms with Crippen molar-refractivity contribution >= 4 is 12.2 Å². The van der Waals surface area contributed by atoms with Crippen LogP contribution in [0.15, 0.2) is 0 Å². The summed E-state index contributed by atoms with van der Waals surface area (Å²) in [6.07, 6.45) is 0.893. The van der Waals surface area contributed by atoms with Gasteiger partial charge >= 0.3 is 12.2 Å². The summed E-state index contributed by atoms with van der Waals surface area (Å²) in [4.78, 5) is 25.7. The van der Waals surface area contributed by atoms with Gasteiger partial charge in [0.2, 0.25) is 0 Å². The van der Waals surface area contributed by atoms with Crippen LogP contribution < -0.4 is 10.6 Å². The number of carbonyl (C=O) groups is 2. The summed E-state index contributed by atoms with van der Waals surface area (Å²) < 4.78 is 10.5. The molecule has 2 N–H and O–H groups in total. The number of carbonyl (C=O) groups excluding carboxylic acids is 2. The Morgan fingerprint density at radius 2 is 1.04 bits per heavy atom. The molecule has 7 nitrogen and oxygen atoms in total. The molecule has 0 fully saturated rings. The minimum Gasteiger partial charge on any atom is -0.444 e. The van der Waals surface area contributed by atoms with Crippen LogP contribution in [-0.2, 0) is 9.47 Å². The third-order valence-electron chi connectivity index (χ3n) is 3.49. The lowest BCUT2D eigenvalue weighted by atomic mass is 10.1. The summed E-state index contributed by atoms with van der Waals surface area (Å²) in [5.74, 6) is 0. The molecule has 0 saturated carbocycles. The highest BCUT2D eigenvalue weighted by Gasteiger charge is 2.21. The molecule has 0 radical (unpaired) electrons. The maximum Gasteiger partial charge on any atom is 0.407 e. The molecule has 0 aromatic carbocycles. The molecule has 0 bridgehead atoms. The molecule has 0 aliphatic heterocycles. The van der Waals surface area contributed by atoms with E-state index in [9.17, 15) is 9.59 Å². The van der Waals surface area contributed by atoms with Gasteiger partial charge in [-0.2, -0.15) is 0 Å². The van der Waals surface area contributed by atoms with Crippen LogP contribution in [0, 0.1) is 0 Å². The first-order chi connectivity index (χ1) is 12.1. The molecular formula is C20H41N3O4. The molecular weight excluding hydrogens is 346 g/mol. The number of hydrogen-bond acceptors (Lipinski definition) is 5. The second-order valence-electron chi connectivity index (χ2n) is 9.72. The van der Waals surface area contributed by atoms with E-state index < -0.39 is 11.2 Å². The van der Waals surface area contributed by atoms with E-state index in [4.69, 9.17) is 9.47 Å². The fourth-order valence-electron chi connectivity index (χ4n) is 2.33. The number of hydrogen-bond donors (Lipinski definition) is 2. The van der Waals surface area contributed by atoms with E-state index in [1.54, 1.807) is 0 Å². The Morgan fingerprint density at radius 3 is 1.30 bits per heavy atom. The van der Waals surface area contributed by atoms with E-state index >= 15 is 0 Å². The summed E-state index contributed by atoms with van der Waals surface area (Å²) in [6, 6.07) is 0. The third kappa shape index (κ3) is 15.3. The average molecular weight is 388 g/mol. The second-order valence-corrected chi connectivity index (χ2v) is 9.72. The minimum atomic E-state index is -0.483. The van der Waals surface area contributed by atoms with Gasteiger partial charge in [-0.05, 0) is 75.2 Å². The van der Waals surface area contributed by atoms with Crippen LogP contribution in [-0.4, -0.2) is 60.0 Å². The lowest BCUT2D eigenvalue weighted by Gasteiger charge is -2.36. The normalized spacial score (nSPS) is 12.7. The van der Waals surface area contributed by atoms with Crippen LogP contribution in [0.2, 0.25) is 0 Å². The van der Waals surface area contributed by atoms with Crippen molar-refractivity contribution in [1.82, 2.24) is 15.5 Å². The molecule has 7 heteroatoms. The van der Waals surface area contributed by atoms with Gasteiger partial charge in [0.1, 0.15) is 11.2 Å². The minimum absolute atomic E-state index is 0.0117. The van der Waals surface area contributed by atoms with E-state index in [1.165, 1.54) is 0 Å². The monoisotopic (exact) mass is 387 g/mol. The second kappa shape index (κ2) is 10.7. The molecule has 0 aromatic heterocycles. The van der Waals surface area contributed by atoms with Gasteiger partial charge in [-0.15, -0.1) is 0 Å². The van der Waals surface area contributed by atoms with Crippen molar-refractivity contribution in [3.8, 4) is 0 Å². The highest BCUT2D eigenvalue weighted by molar-refractivity contribution is 5.67. The van der Waals surface area contributed by atoms with Crippen molar-refractivity contribution in [2.45, 2.75) is 91.9 Å². The molecule has 0 atom stereocenters. The van der Waals surface area contributed by atoms with Crippen molar-refractivity contribution in [1.29, 1.82) is 0 Å². The molecule has 0 spiro atoms. The fraction of sp³-hybridized carbons (Fsp3) is 0.900. The fourth-order valence-corrected chi connectivity index (χ4v) is 2.33. The Balaban J connectivity index is 4.17. The van der Waals surface area contributed by atoms with E-state index in [0.29, 0.717) is 13.1 Å². The van der Waals surface area contributed by atoms with Crippen molar-refractivity contribution in [2.75, 3.05) is 26.2 Å². The van der Waals surface area contributed by atoms with E-state index in [1.807, 2.05) is 41.5 Å². The van der Waals surface area contributed by atoms with Crippen LogP contribution in [0.1, 0.15) is 75.2 Å². The first-order valence-electron chi connectivity index (χ1n) is 9.79. The van der Waals surface area contributed by atoms with Gasteiger partial charge in [-0.1, -0.05) is 0 Å². The molecule has 160 valence electrons. The van der Waals surface area contributed by atoms with E-state index in [2.05, 4.69) is 36.3 Å². The van der Waals surface area contributed by atoms with Crippen molar-refractivity contribution in [2.24, 2.45) is 0 Å². The first-order valence-corrected chi connectivity index (χ1v) is 9.79. The van der Waals surface area contributed by atoms with Crippen LogP contribution in [0.5, 0.6) is 0 Å². The molecule has 0 rings (SSSR count). The lowest BCUT2D eigenvalue weighted by Crippen LogP contribution is -2.44. The summed E-state index contributed by atoms with van der Waals surface area (Å²) in [6.45, 7) is 20.4. The molecule has 0 aromatic rings. The summed E-state index contributed by atoms with van der Waals surface area (Å²) in [5.41, 5.74) is -0.955. The molecule has 0 aliphatic carbocycles. The predicted octanol–water partition coefficient (Wildman–Crippen LogP) is 3.92. The number of rotatable bonds is 8. The van der Waals surface area contributed by atoms with Gasteiger partial charge in [0.25, 0.3) is 0 Å². The number of ether oxygens (including phenoxy) is 2. The topological polar surface area (TPSA) is 79.9 Å². The number of nitrogens with one attached hydrogen (secondary N) is 2. The van der Waals surface area contributed by atoms with Crippen LogP contribution >= 0.6 is 0 Å². The van der Waals surface area contributed by atoms with Crippen LogP contribution in [0.3, 0.4) is 0 Å². The van der Waals surface area contributed by atoms with Gasteiger partial charge < -0.3 is 20.1 Å². The Kier molecular flexibility index (Phi) is 10.1. The standard InChI is InChI=1S/C20H41N3O4/c1-18(2,3)23(14-10-12-21-16(24)26-19(4,5)6)15-11-13-22-17(25)27-20(7,8)9/h10-15H2,1-9H3,(H,21,24)(H,22,25). The van der Waals surface area contributed by atoms with Gasteiger partial charge in [-0.3, -0.25) is 4.90 Å². The van der Waals surface area contributed by atoms with Gasteiger partial charge in [0, 0.05) is 31.7 Å². The molecule has 0 saturated heterocycles. The average Bonchev–Trinajstić information content (AvgIpc) is 2.40. The lowest BCUT2D eigenvalue weighted by molar-refractivity contribution is 0.0516. The molecule has 0 unspecified atom stereocenters. The number of alkyl carbamates (subject to hydrolysis) is 2.